The van der Waals surface area contributed by atoms with Gasteiger partial charge in [-0.3, -0.25) is 9.69 Å². The summed E-state index contributed by atoms with van der Waals surface area (Å²) < 4.78 is 5.86. The first-order valence-corrected chi connectivity index (χ1v) is 7.83. The number of morpholine rings is 1. The van der Waals surface area contributed by atoms with E-state index < -0.39 is 0 Å². The number of carbonyl (C=O) groups excluding carboxylic acids is 1. The van der Waals surface area contributed by atoms with Gasteiger partial charge in [0.1, 0.15) is 0 Å². The van der Waals surface area contributed by atoms with Gasteiger partial charge in [-0.2, -0.15) is 0 Å². The summed E-state index contributed by atoms with van der Waals surface area (Å²) in [6.45, 7) is 8.28. The lowest BCUT2D eigenvalue weighted by Crippen LogP contribution is -2.40. The highest BCUT2D eigenvalue weighted by molar-refractivity contribution is 5.77. The Morgan fingerprint density at radius 1 is 1.38 bits per heavy atom. The average Bonchev–Trinajstić information content (AvgIpc) is 2.52. The van der Waals surface area contributed by atoms with Crippen LogP contribution >= 0.6 is 0 Å². The predicted octanol–water partition coefficient (Wildman–Crippen LogP) is 2.22. The van der Waals surface area contributed by atoms with Crippen molar-refractivity contribution in [2.75, 3.05) is 32.8 Å². The summed E-state index contributed by atoms with van der Waals surface area (Å²) in [6.07, 6.45) is 1.16. The maximum absolute atomic E-state index is 11.5. The third-order valence-corrected chi connectivity index (χ3v) is 3.80. The Labute approximate surface area is 127 Å². The van der Waals surface area contributed by atoms with E-state index >= 15 is 0 Å². The first-order valence-electron chi connectivity index (χ1n) is 7.83. The number of nitrogens with one attached hydrogen (secondary N) is 1. The smallest absolute Gasteiger partial charge is 0.222 e. The van der Waals surface area contributed by atoms with Gasteiger partial charge in [0.05, 0.1) is 12.7 Å². The van der Waals surface area contributed by atoms with Crippen molar-refractivity contribution >= 4 is 5.91 Å². The molecule has 0 aliphatic carbocycles. The molecule has 1 amide bonds. The predicted molar refractivity (Wildman–Crippen MR) is 84.0 cm³/mol. The number of benzene rings is 1. The van der Waals surface area contributed by atoms with Crippen molar-refractivity contribution in [3.05, 3.63) is 35.9 Å². The second-order valence-corrected chi connectivity index (χ2v) is 5.87. The van der Waals surface area contributed by atoms with Crippen molar-refractivity contribution in [2.24, 2.45) is 5.92 Å². The number of hydrogen-bond acceptors (Lipinski definition) is 3. The highest BCUT2D eigenvalue weighted by Crippen LogP contribution is 2.21. The van der Waals surface area contributed by atoms with Crippen LogP contribution in [0.5, 0.6) is 0 Å². The number of amides is 1. The topological polar surface area (TPSA) is 41.6 Å². The molecule has 1 aromatic rings. The maximum Gasteiger partial charge on any atom is 0.222 e. The minimum atomic E-state index is 0.0656. The van der Waals surface area contributed by atoms with E-state index in [-0.39, 0.29) is 17.9 Å². The van der Waals surface area contributed by atoms with E-state index in [1.54, 1.807) is 0 Å². The largest absolute Gasteiger partial charge is 0.371 e. The zero-order chi connectivity index (χ0) is 15.1. The molecule has 0 unspecified atom stereocenters. The van der Waals surface area contributed by atoms with Gasteiger partial charge < -0.3 is 10.1 Å². The molecule has 1 atom stereocenters. The Morgan fingerprint density at radius 2 is 2.14 bits per heavy atom. The lowest BCUT2D eigenvalue weighted by molar-refractivity contribution is -0.124. The normalized spacial score (nSPS) is 19.7. The quantitative estimate of drug-likeness (QED) is 0.817. The van der Waals surface area contributed by atoms with Crippen molar-refractivity contribution in [3.8, 4) is 0 Å². The zero-order valence-electron chi connectivity index (χ0n) is 13.0. The van der Waals surface area contributed by atoms with Gasteiger partial charge in [0.2, 0.25) is 5.91 Å². The van der Waals surface area contributed by atoms with E-state index in [0.29, 0.717) is 0 Å². The molecule has 4 nitrogen and oxygen atoms in total. The standard InChI is InChI=1S/C17H26N2O2/c1-14(2)17(20)18-9-6-10-19-11-12-21-16(13-19)15-7-4-3-5-8-15/h3-5,7-8,14,16H,6,9-13H2,1-2H3,(H,18,20)/t16-/m0/s1. The minimum Gasteiger partial charge on any atom is -0.371 e. The summed E-state index contributed by atoms with van der Waals surface area (Å²) >= 11 is 0. The van der Waals surface area contributed by atoms with E-state index in [1.165, 1.54) is 5.56 Å². The monoisotopic (exact) mass is 290 g/mol. The molecule has 116 valence electrons. The molecule has 0 radical (unpaired) electrons. The van der Waals surface area contributed by atoms with Gasteiger partial charge in [0.25, 0.3) is 0 Å². The van der Waals surface area contributed by atoms with Crippen molar-refractivity contribution in [1.82, 2.24) is 10.2 Å². The highest BCUT2D eigenvalue weighted by atomic mass is 16.5. The molecule has 1 aromatic carbocycles. The van der Waals surface area contributed by atoms with Crippen LogP contribution in [0.4, 0.5) is 0 Å². The lowest BCUT2D eigenvalue weighted by atomic mass is 10.1. The maximum atomic E-state index is 11.5. The van der Waals surface area contributed by atoms with E-state index in [1.807, 2.05) is 19.9 Å². The summed E-state index contributed by atoms with van der Waals surface area (Å²) in [4.78, 5) is 13.9. The Bertz CT molecular complexity index is 434. The van der Waals surface area contributed by atoms with Crippen LogP contribution in [0.2, 0.25) is 0 Å². The fraction of sp³-hybridized carbons (Fsp3) is 0.588. The zero-order valence-corrected chi connectivity index (χ0v) is 13.0. The van der Waals surface area contributed by atoms with Crippen molar-refractivity contribution < 1.29 is 9.53 Å². The number of rotatable bonds is 6. The molecule has 1 N–H and O–H groups in total. The van der Waals surface area contributed by atoms with Gasteiger partial charge in [-0.05, 0) is 12.0 Å². The van der Waals surface area contributed by atoms with Crippen LogP contribution < -0.4 is 5.32 Å². The van der Waals surface area contributed by atoms with Gasteiger partial charge in [-0.1, -0.05) is 44.2 Å². The van der Waals surface area contributed by atoms with E-state index in [9.17, 15) is 4.79 Å². The van der Waals surface area contributed by atoms with Crippen LogP contribution in [-0.4, -0.2) is 43.6 Å². The molecule has 0 saturated carbocycles. The number of carbonyl (C=O) groups is 1. The van der Waals surface area contributed by atoms with Crippen molar-refractivity contribution in [2.45, 2.75) is 26.4 Å². The Balaban J connectivity index is 1.71. The van der Waals surface area contributed by atoms with Gasteiger partial charge >= 0.3 is 0 Å². The highest BCUT2D eigenvalue weighted by Gasteiger charge is 2.21. The van der Waals surface area contributed by atoms with Gasteiger partial charge in [-0.15, -0.1) is 0 Å². The lowest BCUT2D eigenvalue weighted by Gasteiger charge is -2.33. The third kappa shape index (κ3) is 5.14. The van der Waals surface area contributed by atoms with Crippen molar-refractivity contribution in [3.63, 3.8) is 0 Å². The SMILES string of the molecule is CC(C)C(=O)NCCCN1CCO[C@H](c2ccccc2)C1. The molecule has 1 fully saturated rings. The number of ether oxygens (including phenoxy) is 1. The van der Waals surface area contributed by atoms with Crippen LogP contribution in [-0.2, 0) is 9.53 Å². The summed E-state index contributed by atoms with van der Waals surface area (Å²) in [5, 5.41) is 2.97. The van der Waals surface area contributed by atoms with Gasteiger partial charge in [-0.25, -0.2) is 0 Å². The molecule has 0 bridgehead atoms. The van der Waals surface area contributed by atoms with E-state index in [0.717, 1.165) is 39.2 Å². The van der Waals surface area contributed by atoms with Crippen LogP contribution in [0.1, 0.15) is 31.9 Å². The van der Waals surface area contributed by atoms with Crippen LogP contribution in [0.25, 0.3) is 0 Å². The fourth-order valence-corrected chi connectivity index (χ4v) is 2.49. The summed E-state index contributed by atoms with van der Waals surface area (Å²) in [5.74, 6) is 0.204. The Hall–Kier alpha value is -1.39. The second kappa shape index (κ2) is 8.15. The molecule has 2 rings (SSSR count). The summed E-state index contributed by atoms with van der Waals surface area (Å²) in [5.41, 5.74) is 1.25. The first-order chi connectivity index (χ1) is 10.2. The Kier molecular flexibility index (Phi) is 6.21. The molecule has 0 aromatic heterocycles. The molecule has 21 heavy (non-hydrogen) atoms. The minimum absolute atomic E-state index is 0.0656. The summed E-state index contributed by atoms with van der Waals surface area (Å²) in [6, 6.07) is 10.4. The molecule has 1 aliphatic rings. The van der Waals surface area contributed by atoms with Gasteiger partial charge in [0.15, 0.2) is 0 Å². The molecular formula is C17H26N2O2. The number of hydrogen-bond donors (Lipinski definition) is 1. The average molecular weight is 290 g/mol. The van der Waals surface area contributed by atoms with Crippen LogP contribution in [0.3, 0.4) is 0 Å². The first kappa shape index (κ1) is 16.0. The van der Waals surface area contributed by atoms with Crippen LogP contribution in [0.15, 0.2) is 30.3 Å². The molecule has 1 saturated heterocycles. The third-order valence-electron chi connectivity index (χ3n) is 3.80. The Morgan fingerprint density at radius 3 is 2.86 bits per heavy atom. The molecule has 1 heterocycles. The van der Waals surface area contributed by atoms with Crippen LogP contribution in [0, 0.1) is 5.92 Å². The molecule has 4 heteroatoms. The molecule has 1 aliphatic heterocycles. The summed E-state index contributed by atoms with van der Waals surface area (Å²) in [7, 11) is 0. The fourth-order valence-electron chi connectivity index (χ4n) is 2.49. The van der Waals surface area contributed by atoms with E-state index in [2.05, 4.69) is 34.5 Å². The van der Waals surface area contributed by atoms with E-state index in [4.69, 9.17) is 4.74 Å². The van der Waals surface area contributed by atoms with Crippen molar-refractivity contribution in [1.29, 1.82) is 0 Å². The molecular weight excluding hydrogens is 264 g/mol. The second-order valence-electron chi connectivity index (χ2n) is 5.87. The molecule has 0 spiro atoms. The number of nitrogens with zero attached hydrogens (tertiary/aromatic N) is 1. The van der Waals surface area contributed by atoms with Gasteiger partial charge in [0, 0.05) is 32.1 Å².